The zero-order valence-electron chi connectivity index (χ0n) is 13.2. The number of rotatable bonds is 14. The van der Waals surface area contributed by atoms with Crippen molar-refractivity contribution < 1.29 is 84.5 Å². The van der Waals surface area contributed by atoms with Crippen LogP contribution < -0.4 is 0 Å². The first-order chi connectivity index (χ1) is 10.9. The summed E-state index contributed by atoms with van der Waals surface area (Å²) in [5, 5.41) is 17.4. The fourth-order valence-electron chi connectivity index (χ4n) is 1.46. The SMILES string of the molecule is [CH2-]OCC(OCO)OC(CC(OCO)OCCOC)C(F)(F)F.[Y]. The molecule has 0 aromatic carbocycles. The average Bonchev–Trinajstić information content (AvgIpc) is 2.46. The van der Waals surface area contributed by atoms with Crippen molar-refractivity contribution in [2.45, 2.75) is 31.3 Å². The van der Waals surface area contributed by atoms with Crippen LogP contribution in [0.3, 0.4) is 0 Å². The first kappa shape index (κ1) is 26.8. The van der Waals surface area contributed by atoms with Crippen molar-refractivity contribution in [2.24, 2.45) is 0 Å². The summed E-state index contributed by atoms with van der Waals surface area (Å²) in [5.41, 5.74) is 0. The second-order valence-corrected chi connectivity index (χ2v) is 4.09. The number of halogens is 3. The minimum absolute atomic E-state index is 0. The van der Waals surface area contributed by atoms with Gasteiger partial charge in [0.25, 0.3) is 0 Å². The maximum absolute atomic E-state index is 13.1. The van der Waals surface area contributed by atoms with Gasteiger partial charge in [0.1, 0.15) is 13.6 Å². The van der Waals surface area contributed by atoms with E-state index in [1.807, 2.05) is 0 Å². The number of aliphatic hydroxyl groups excluding tert-OH is 2. The van der Waals surface area contributed by atoms with Crippen LogP contribution in [-0.4, -0.2) is 75.6 Å². The summed E-state index contributed by atoms with van der Waals surface area (Å²) >= 11 is 0. The molecule has 0 fully saturated rings. The second-order valence-electron chi connectivity index (χ2n) is 4.09. The Bertz CT molecular complexity index is 280. The maximum Gasteiger partial charge on any atom is 0.414 e. The van der Waals surface area contributed by atoms with Crippen LogP contribution in [0.5, 0.6) is 0 Å². The summed E-state index contributed by atoms with van der Waals surface area (Å²) in [5.74, 6) is 0. The molecule has 0 aliphatic carbocycles. The summed E-state index contributed by atoms with van der Waals surface area (Å²) in [4.78, 5) is 0. The van der Waals surface area contributed by atoms with E-state index in [1.54, 1.807) is 0 Å². The Labute approximate surface area is 163 Å². The van der Waals surface area contributed by atoms with E-state index in [0.717, 1.165) is 0 Å². The van der Waals surface area contributed by atoms with Gasteiger partial charge in [0.15, 0.2) is 18.7 Å². The summed E-state index contributed by atoms with van der Waals surface area (Å²) in [6, 6.07) is 0. The molecule has 3 unspecified atom stereocenters. The van der Waals surface area contributed by atoms with Gasteiger partial charge in [0.2, 0.25) is 0 Å². The van der Waals surface area contributed by atoms with E-state index >= 15 is 0 Å². The molecule has 24 heavy (non-hydrogen) atoms. The predicted octanol–water partition coefficient (Wildman–Crippen LogP) is 0.378. The van der Waals surface area contributed by atoms with Gasteiger partial charge in [-0.05, 0) is 0 Å². The minimum Gasteiger partial charge on any atom is -0.551 e. The fraction of sp³-hybridized carbons (Fsp3) is 0.917. The fourth-order valence-corrected chi connectivity index (χ4v) is 1.46. The molecule has 143 valence electrons. The van der Waals surface area contributed by atoms with Crippen molar-refractivity contribution in [3.05, 3.63) is 7.11 Å². The molecule has 0 amide bonds. The number of hydrogen-bond donors (Lipinski definition) is 2. The van der Waals surface area contributed by atoms with Crippen LogP contribution in [0.25, 0.3) is 0 Å². The number of hydrogen-bond acceptors (Lipinski definition) is 8. The molecule has 0 saturated heterocycles. The molecule has 0 aromatic rings. The molecule has 0 heterocycles. The van der Waals surface area contributed by atoms with E-state index in [2.05, 4.69) is 21.3 Å². The van der Waals surface area contributed by atoms with Crippen LogP contribution in [0, 0.1) is 7.11 Å². The van der Waals surface area contributed by atoms with Gasteiger partial charge < -0.3 is 38.6 Å². The van der Waals surface area contributed by atoms with Gasteiger partial charge in [-0.1, -0.05) is 0 Å². The third-order valence-electron chi connectivity index (χ3n) is 2.45. The molecule has 0 rings (SSSR count). The molecule has 0 aromatic heterocycles. The summed E-state index contributed by atoms with van der Waals surface area (Å²) in [7, 11) is 4.39. The van der Waals surface area contributed by atoms with Crippen molar-refractivity contribution >= 4 is 0 Å². The first-order valence-electron chi connectivity index (χ1n) is 6.53. The monoisotopic (exact) mass is 440 g/mol. The van der Waals surface area contributed by atoms with Gasteiger partial charge in [-0.2, -0.15) is 13.2 Å². The van der Waals surface area contributed by atoms with Gasteiger partial charge >= 0.3 is 6.18 Å². The molecular weight excluding hydrogens is 418 g/mol. The number of methoxy groups -OCH3 is 1. The van der Waals surface area contributed by atoms with Gasteiger partial charge in [0.05, 0.1) is 19.8 Å². The smallest absolute Gasteiger partial charge is 0.414 e. The zero-order chi connectivity index (χ0) is 17.7. The molecule has 0 aliphatic heterocycles. The van der Waals surface area contributed by atoms with Crippen LogP contribution in [0.15, 0.2) is 0 Å². The van der Waals surface area contributed by atoms with Crippen molar-refractivity contribution in [2.75, 3.05) is 40.5 Å². The Morgan fingerprint density at radius 3 is 2.04 bits per heavy atom. The summed E-state index contributed by atoms with van der Waals surface area (Å²) in [6.45, 7) is -2.03. The van der Waals surface area contributed by atoms with Gasteiger partial charge in [0, 0.05) is 46.2 Å². The summed E-state index contributed by atoms with van der Waals surface area (Å²) < 4.78 is 67.3. The molecule has 12 heteroatoms. The Kier molecular flexibility index (Phi) is 17.6. The van der Waals surface area contributed by atoms with Crippen LogP contribution in [0.1, 0.15) is 6.42 Å². The molecule has 1 radical (unpaired) electrons. The molecule has 0 spiro atoms. The van der Waals surface area contributed by atoms with Crippen LogP contribution in [0.2, 0.25) is 0 Å². The largest absolute Gasteiger partial charge is 0.551 e. The number of aliphatic hydroxyl groups is 2. The molecule has 8 nitrogen and oxygen atoms in total. The van der Waals surface area contributed by atoms with Crippen LogP contribution in [-0.2, 0) is 61.1 Å². The van der Waals surface area contributed by atoms with Gasteiger partial charge in [-0.3, -0.25) is 0 Å². The van der Waals surface area contributed by atoms with E-state index in [1.165, 1.54) is 7.11 Å². The Hall–Kier alpha value is 0.574. The molecule has 0 aliphatic rings. The van der Waals surface area contributed by atoms with Crippen molar-refractivity contribution in [1.82, 2.24) is 0 Å². The van der Waals surface area contributed by atoms with Crippen molar-refractivity contribution in [3.8, 4) is 0 Å². The summed E-state index contributed by atoms with van der Waals surface area (Å²) in [6.07, 6.45) is -10.7. The first-order valence-corrected chi connectivity index (χ1v) is 6.53. The third kappa shape index (κ3) is 12.9. The van der Waals surface area contributed by atoms with Crippen LogP contribution in [0.4, 0.5) is 13.2 Å². The van der Waals surface area contributed by atoms with E-state index < -0.39 is 51.5 Å². The van der Waals surface area contributed by atoms with E-state index in [-0.39, 0.29) is 45.9 Å². The standard InChI is InChI=1S/C12H22F3O8.Y/c1-18-3-4-20-10(21-7-16)5-9(12(13,14)15)23-11(6-19-2)22-8-17;/h9-11,16-17H,2-8H2,1H3;/q-1;. The topological polar surface area (TPSA) is 95.8 Å². The average molecular weight is 440 g/mol. The molecule has 3 atom stereocenters. The molecule has 2 N–H and O–H groups in total. The van der Waals surface area contributed by atoms with Crippen molar-refractivity contribution in [1.29, 1.82) is 0 Å². The second kappa shape index (κ2) is 15.8. The van der Waals surface area contributed by atoms with Gasteiger partial charge in [-0.15, -0.1) is 0 Å². The minimum atomic E-state index is -4.76. The maximum atomic E-state index is 13.1. The van der Waals surface area contributed by atoms with Crippen LogP contribution >= 0.6 is 0 Å². The van der Waals surface area contributed by atoms with E-state index in [4.69, 9.17) is 24.4 Å². The molecule has 0 bridgehead atoms. The van der Waals surface area contributed by atoms with E-state index in [9.17, 15) is 13.2 Å². The number of ether oxygens (including phenoxy) is 6. The van der Waals surface area contributed by atoms with Crippen molar-refractivity contribution in [3.63, 3.8) is 0 Å². The number of alkyl halides is 3. The van der Waals surface area contributed by atoms with Gasteiger partial charge in [-0.25, -0.2) is 7.11 Å². The quantitative estimate of drug-likeness (QED) is 0.228. The third-order valence-corrected chi connectivity index (χ3v) is 2.45. The molecule has 0 saturated carbocycles. The van der Waals surface area contributed by atoms with E-state index in [0.29, 0.717) is 0 Å². The normalized spacial score (nSPS) is 15.6. The Balaban J connectivity index is 0. The predicted molar refractivity (Wildman–Crippen MR) is 68.6 cm³/mol. The molecular formula is C12H22F3O8Y-. The Morgan fingerprint density at radius 1 is 1.00 bits per heavy atom. The zero-order valence-corrected chi connectivity index (χ0v) is 16.1. The Morgan fingerprint density at radius 2 is 1.58 bits per heavy atom.